The molecule has 0 saturated heterocycles. The molecular formula is C48H30N4O2. The molecule has 1 aliphatic rings. The molecule has 254 valence electrons. The van der Waals surface area contributed by atoms with Gasteiger partial charge in [-0.2, -0.15) is 9.97 Å². The van der Waals surface area contributed by atoms with E-state index in [0.29, 0.717) is 44.2 Å². The molecule has 0 N–H and O–H groups in total. The van der Waals surface area contributed by atoms with E-state index in [4.69, 9.17) is 30.6 Å². The molecule has 54 heavy (non-hydrogen) atoms. The average molecular weight is 711 g/mol. The fraction of sp³-hybridized carbons (Fsp3) is 0.0625. The highest BCUT2D eigenvalue weighted by molar-refractivity contribution is 6.14. The van der Waals surface area contributed by atoms with E-state index in [-0.39, 0.29) is 11.6 Å². The lowest BCUT2D eigenvalue weighted by atomic mass is 9.81. The molecule has 0 saturated carbocycles. The van der Waals surface area contributed by atoms with Gasteiger partial charge in [0, 0.05) is 46.0 Å². The molecule has 6 nitrogen and oxygen atoms in total. The van der Waals surface area contributed by atoms with Crippen LogP contribution in [0, 0.1) is 0 Å². The molecule has 7 aromatic carbocycles. The quantitative estimate of drug-likeness (QED) is 0.183. The third-order valence-corrected chi connectivity index (χ3v) is 10.2. The number of para-hydroxylation sites is 5. The number of hydrogen-bond donors (Lipinski definition) is 0. The smallest absolute Gasteiger partial charge is 0.238 e. The average Bonchev–Trinajstić information content (AvgIpc) is 4.10. The number of hydrogen-bond acceptors (Lipinski definition) is 5. The van der Waals surface area contributed by atoms with Gasteiger partial charge in [-0.15, -0.1) is 0 Å². The predicted molar refractivity (Wildman–Crippen MR) is 217 cm³/mol. The van der Waals surface area contributed by atoms with Crippen LogP contribution in [0.15, 0.2) is 154 Å². The van der Waals surface area contributed by atoms with Gasteiger partial charge in [0.2, 0.25) is 5.95 Å². The Morgan fingerprint density at radius 2 is 1.15 bits per heavy atom. The van der Waals surface area contributed by atoms with Crippen molar-refractivity contribution in [3.05, 3.63) is 156 Å². The molecule has 0 radical (unpaired) electrons. The Balaban J connectivity index is 1.34. The standard InChI is InChI=1S/C48H30N4O2/c1-48(2)37-21-7-3-13-27(37)31-25-26-32-28-14-4-8-22-38(28)52(42(32)41(31)48)47-50-45(35-19-11-17-33-29-15-5-9-23-39(29)53-43(33)35)49-46(51-47)36-20-12-18-34-30-16-6-10-24-40(30)54-44(34)36/h3-26H,1-2H3/i1D3,2D3,3D,4D,7D,8D,13D,14D,21D,22D,25D,26D. The molecule has 0 spiro atoms. The molecule has 0 amide bonds. The van der Waals surface area contributed by atoms with Crippen LogP contribution in [0.25, 0.3) is 106 Å². The lowest BCUT2D eigenvalue weighted by Gasteiger charge is -2.23. The van der Waals surface area contributed by atoms with Crippen molar-refractivity contribution in [2.75, 3.05) is 0 Å². The Kier molecular flexibility index (Phi) is 3.53. The van der Waals surface area contributed by atoms with Crippen molar-refractivity contribution in [2.45, 2.75) is 19.1 Å². The van der Waals surface area contributed by atoms with Crippen molar-refractivity contribution in [1.82, 2.24) is 19.5 Å². The molecule has 12 rings (SSSR count). The Morgan fingerprint density at radius 3 is 1.83 bits per heavy atom. The van der Waals surface area contributed by atoms with Crippen molar-refractivity contribution in [2.24, 2.45) is 0 Å². The van der Waals surface area contributed by atoms with E-state index >= 15 is 0 Å². The zero-order valence-corrected chi connectivity index (χ0v) is 27.7. The van der Waals surface area contributed by atoms with E-state index in [1.54, 1.807) is 36.4 Å². The van der Waals surface area contributed by atoms with Gasteiger partial charge in [0.05, 0.1) is 35.9 Å². The minimum absolute atomic E-state index is 0.0748. The highest BCUT2D eigenvalue weighted by atomic mass is 16.3. The van der Waals surface area contributed by atoms with E-state index in [1.165, 1.54) is 0 Å². The molecular weight excluding hydrogens is 665 g/mol. The number of benzene rings is 7. The topological polar surface area (TPSA) is 69.9 Å². The van der Waals surface area contributed by atoms with E-state index < -0.39 is 130 Å². The Morgan fingerprint density at radius 1 is 0.537 bits per heavy atom. The van der Waals surface area contributed by atoms with Crippen LogP contribution in [0.3, 0.4) is 0 Å². The highest BCUT2D eigenvalue weighted by Crippen LogP contribution is 2.53. The van der Waals surface area contributed by atoms with Crippen molar-refractivity contribution in [3.63, 3.8) is 0 Å². The zero-order valence-electron chi connectivity index (χ0n) is 43.7. The molecule has 0 unspecified atom stereocenters. The summed E-state index contributed by atoms with van der Waals surface area (Å²) in [6.45, 7) is -7.45. The zero-order chi connectivity index (χ0) is 49.4. The van der Waals surface area contributed by atoms with Crippen molar-refractivity contribution in [1.29, 1.82) is 0 Å². The van der Waals surface area contributed by atoms with Crippen molar-refractivity contribution < 1.29 is 30.8 Å². The number of aromatic nitrogens is 4. The first kappa shape index (κ1) is 18.1. The molecule has 0 bridgehead atoms. The maximum absolute atomic E-state index is 9.64. The summed E-state index contributed by atoms with van der Waals surface area (Å²) in [5, 5.41) is 2.00. The second-order valence-electron chi connectivity index (χ2n) is 13.1. The summed E-state index contributed by atoms with van der Waals surface area (Å²) in [4.78, 5) is 14.9. The molecule has 0 fully saturated rings. The van der Waals surface area contributed by atoms with Gasteiger partial charge in [-0.3, -0.25) is 4.57 Å². The number of rotatable bonds is 3. The largest absolute Gasteiger partial charge is 0.455 e. The number of fused-ring (bicyclic) bond motifs is 13. The SMILES string of the molecule is [2H]c1c([2H])c([2H])c2c(c1[2H])-c1c([2H])c([2H])c3c4c([2H])c([2H])c([2H])c([2H])c4n(-c4nc(-c5cccc6c5oc5ccccc56)nc(-c5cccc6c5oc5ccccc56)n4)c3c1C2(C([2H])([2H])[2H])C([2H])([2H])[2H]. The predicted octanol–water partition coefficient (Wildman–Crippen LogP) is 12.4. The normalized spacial score (nSPS) is 18.2. The summed E-state index contributed by atoms with van der Waals surface area (Å²) < 4.78 is 160. The molecule has 4 heterocycles. The van der Waals surface area contributed by atoms with Crippen molar-refractivity contribution >= 4 is 65.7 Å². The summed E-state index contributed by atoms with van der Waals surface area (Å²) in [6, 6.07) is 16.9. The first-order valence-corrected chi connectivity index (χ1v) is 17.0. The third kappa shape index (κ3) is 3.86. The van der Waals surface area contributed by atoms with Crippen LogP contribution in [0.1, 0.15) is 46.8 Å². The van der Waals surface area contributed by atoms with Gasteiger partial charge < -0.3 is 8.83 Å². The lowest BCUT2D eigenvalue weighted by molar-refractivity contribution is 0.663. The summed E-state index contributed by atoms with van der Waals surface area (Å²) in [5.41, 5.74) is -4.87. The Labute approximate surface area is 331 Å². The van der Waals surface area contributed by atoms with Gasteiger partial charge in [-0.1, -0.05) is 129 Å². The van der Waals surface area contributed by atoms with Crippen LogP contribution >= 0.6 is 0 Å². The van der Waals surface area contributed by atoms with Crippen LogP contribution in [0.2, 0.25) is 0 Å². The summed E-state index contributed by atoms with van der Waals surface area (Å²) in [5.74, 6) is -0.616. The fourth-order valence-electron chi connectivity index (χ4n) is 7.87. The third-order valence-electron chi connectivity index (χ3n) is 10.2. The van der Waals surface area contributed by atoms with Gasteiger partial charge in [0.1, 0.15) is 22.3 Å². The van der Waals surface area contributed by atoms with E-state index in [2.05, 4.69) is 0 Å². The lowest BCUT2D eigenvalue weighted by Crippen LogP contribution is -2.17. The van der Waals surface area contributed by atoms with Crippen LogP contribution < -0.4 is 0 Å². The second kappa shape index (κ2) is 10.5. The maximum atomic E-state index is 9.64. The van der Waals surface area contributed by atoms with Gasteiger partial charge in [-0.25, -0.2) is 4.98 Å². The number of furan rings is 2. The number of nitrogens with zero attached hydrogens (tertiary/aromatic N) is 4. The molecule has 0 atom stereocenters. The van der Waals surface area contributed by atoms with E-state index in [0.717, 1.165) is 15.3 Å². The second-order valence-corrected chi connectivity index (χ2v) is 13.1. The molecule has 6 heteroatoms. The maximum Gasteiger partial charge on any atom is 0.238 e. The summed E-state index contributed by atoms with van der Waals surface area (Å²) in [7, 11) is 0. The first-order valence-electron chi connectivity index (χ1n) is 25.0. The fourth-order valence-corrected chi connectivity index (χ4v) is 7.87. The van der Waals surface area contributed by atoms with E-state index in [1.807, 2.05) is 48.5 Å². The summed E-state index contributed by atoms with van der Waals surface area (Å²) >= 11 is 0. The van der Waals surface area contributed by atoms with Crippen LogP contribution in [0.5, 0.6) is 0 Å². The first-order chi connectivity index (χ1) is 33.2. The molecule has 4 aromatic heterocycles. The highest BCUT2D eigenvalue weighted by Gasteiger charge is 2.38. The molecule has 0 aliphatic heterocycles. The van der Waals surface area contributed by atoms with Gasteiger partial charge in [0.15, 0.2) is 11.6 Å². The van der Waals surface area contributed by atoms with Crippen LogP contribution in [-0.2, 0) is 5.41 Å². The van der Waals surface area contributed by atoms with Crippen LogP contribution in [-0.4, -0.2) is 19.5 Å². The van der Waals surface area contributed by atoms with Gasteiger partial charge in [-0.05, 0) is 52.6 Å². The van der Waals surface area contributed by atoms with Crippen LogP contribution in [0.4, 0.5) is 0 Å². The van der Waals surface area contributed by atoms with Crippen molar-refractivity contribution in [3.8, 4) is 39.9 Å². The summed E-state index contributed by atoms with van der Waals surface area (Å²) in [6.07, 6.45) is 0. The monoisotopic (exact) mass is 710 g/mol. The van der Waals surface area contributed by atoms with E-state index in [9.17, 15) is 15.1 Å². The Hall–Kier alpha value is -7.05. The van der Waals surface area contributed by atoms with Gasteiger partial charge >= 0.3 is 0 Å². The molecule has 11 aromatic rings. The van der Waals surface area contributed by atoms with Gasteiger partial charge in [0.25, 0.3) is 0 Å². The minimum atomic E-state index is -3.72. The minimum Gasteiger partial charge on any atom is -0.455 e. The Bertz CT molecular complexity index is 4040. The molecule has 1 aliphatic carbocycles.